The first-order valence-corrected chi connectivity index (χ1v) is 11.4. The van der Waals surface area contributed by atoms with Crippen LogP contribution in [0.2, 0.25) is 0 Å². The number of hydrogen-bond donors (Lipinski definition) is 2. The summed E-state index contributed by atoms with van der Waals surface area (Å²) in [6.45, 7) is 5.68. The molecule has 0 aliphatic carbocycles. The molecule has 3 aromatic rings. The van der Waals surface area contributed by atoms with Crippen molar-refractivity contribution in [2.75, 3.05) is 23.8 Å². The largest absolute Gasteiger partial charge is 0.495 e. The van der Waals surface area contributed by atoms with Crippen molar-refractivity contribution >= 4 is 27.3 Å². The normalized spacial score (nSPS) is 11.0. The molecule has 8 heteroatoms. The molecule has 3 aromatic carbocycles. The summed E-state index contributed by atoms with van der Waals surface area (Å²) in [7, 11) is -2.35. The van der Waals surface area contributed by atoms with E-state index in [4.69, 9.17) is 9.47 Å². The Bertz CT molecular complexity index is 1220. The van der Waals surface area contributed by atoms with Gasteiger partial charge >= 0.3 is 0 Å². The molecule has 0 heterocycles. The molecule has 0 atom stereocenters. The van der Waals surface area contributed by atoms with Gasteiger partial charge in [0.1, 0.15) is 11.5 Å². The van der Waals surface area contributed by atoms with Crippen LogP contribution in [0.1, 0.15) is 16.7 Å². The van der Waals surface area contributed by atoms with E-state index in [1.807, 2.05) is 45.0 Å². The number of nitrogens with one attached hydrogen (secondary N) is 2. The lowest BCUT2D eigenvalue weighted by Crippen LogP contribution is -2.20. The maximum absolute atomic E-state index is 12.8. The van der Waals surface area contributed by atoms with Gasteiger partial charge in [-0.2, -0.15) is 0 Å². The van der Waals surface area contributed by atoms with Crippen LogP contribution in [0.3, 0.4) is 0 Å². The van der Waals surface area contributed by atoms with E-state index in [2.05, 4.69) is 10.0 Å². The van der Waals surface area contributed by atoms with Gasteiger partial charge in [-0.1, -0.05) is 12.1 Å². The third-order valence-electron chi connectivity index (χ3n) is 4.90. The number of methoxy groups -OCH3 is 1. The highest BCUT2D eigenvalue weighted by atomic mass is 32.2. The third kappa shape index (κ3) is 5.79. The molecule has 0 fully saturated rings. The molecule has 3 rings (SSSR count). The summed E-state index contributed by atoms with van der Waals surface area (Å²) in [5.74, 6) is 0.690. The van der Waals surface area contributed by atoms with Gasteiger partial charge < -0.3 is 14.8 Å². The van der Waals surface area contributed by atoms with Gasteiger partial charge in [0.15, 0.2) is 6.61 Å². The molecule has 2 N–H and O–H groups in total. The lowest BCUT2D eigenvalue weighted by Gasteiger charge is -2.13. The molecule has 0 bridgehead atoms. The molecule has 0 saturated heterocycles. The van der Waals surface area contributed by atoms with Crippen LogP contribution in [0, 0.1) is 20.8 Å². The first-order valence-electron chi connectivity index (χ1n) is 9.95. The van der Waals surface area contributed by atoms with E-state index in [0.29, 0.717) is 22.9 Å². The van der Waals surface area contributed by atoms with Crippen LogP contribution < -0.4 is 19.5 Å². The number of amides is 1. The smallest absolute Gasteiger partial charge is 0.262 e. The average molecular weight is 455 g/mol. The SMILES string of the molecule is COc1ccc(C)cc1NS(=O)(=O)c1ccc(NC(=O)COc2ccc(C)c(C)c2)cc1. The Labute approximate surface area is 188 Å². The van der Waals surface area contributed by atoms with Gasteiger partial charge in [-0.15, -0.1) is 0 Å². The van der Waals surface area contributed by atoms with Gasteiger partial charge in [0.05, 0.1) is 17.7 Å². The molecule has 168 valence electrons. The van der Waals surface area contributed by atoms with Crippen molar-refractivity contribution in [3.05, 3.63) is 77.4 Å². The standard InChI is InChI=1S/C24H26N2O5S/c1-16-5-12-23(30-4)22(13-16)26-32(28,29)21-10-7-19(8-11-21)25-24(27)15-31-20-9-6-17(2)18(3)14-20/h5-14,26H,15H2,1-4H3,(H,25,27). The Kier molecular flexibility index (Phi) is 7.05. The quantitative estimate of drug-likeness (QED) is 0.525. The van der Waals surface area contributed by atoms with Crippen molar-refractivity contribution < 1.29 is 22.7 Å². The van der Waals surface area contributed by atoms with Crippen molar-refractivity contribution in [1.29, 1.82) is 0 Å². The van der Waals surface area contributed by atoms with Crippen LogP contribution >= 0.6 is 0 Å². The van der Waals surface area contributed by atoms with E-state index >= 15 is 0 Å². The molecular formula is C24H26N2O5S. The molecule has 7 nitrogen and oxygen atoms in total. The number of rotatable bonds is 8. The minimum atomic E-state index is -3.83. The summed E-state index contributed by atoms with van der Waals surface area (Å²) < 4.78 is 38.8. The molecule has 32 heavy (non-hydrogen) atoms. The summed E-state index contributed by atoms with van der Waals surface area (Å²) in [5.41, 5.74) is 3.94. The number of carbonyl (C=O) groups excluding carboxylic acids is 1. The molecule has 1 amide bonds. The monoisotopic (exact) mass is 454 g/mol. The third-order valence-corrected chi connectivity index (χ3v) is 6.28. The van der Waals surface area contributed by atoms with E-state index in [1.54, 1.807) is 12.1 Å². The van der Waals surface area contributed by atoms with E-state index in [-0.39, 0.29) is 17.4 Å². The van der Waals surface area contributed by atoms with Crippen molar-refractivity contribution in [3.63, 3.8) is 0 Å². The van der Waals surface area contributed by atoms with Gasteiger partial charge in [0.25, 0.3) is 15.9 Å². The maximum Gasteiger partial charge on any atom is 0.262 e. The van der Waals surface area contributed by atoms with Crippen LogP contribution in [0.15, 0.2) is 65.6 Å². The second kappa shape index (κ2) is 9.74. The van der Waals surface area contributed by atoms with E-state index in [1.165, 1.54) is 31.4 Å². The minimum absolute atomic E-state index is 0.0606. The second-order valence-corrected chi connectivity index (χ2v) is 9.10. The molecule has 0 aromatic heterocycles. The summed E-state index contributed by atoms with van der Waals surface area (Å²) in [5, 5.41) is 2.69. The van der Waals surface area contributed by atoms with Gasteiger partial charge in [0, 0.05) is 5.69 Å². The zero-order valence-corrected chi connectivity index (χ0v) is 19.2. The Hall–Kier alpha value is -3.52. The summed E-state index contributed by atoms with van der Waals surface area (Å²) in [6, 6.07) is 16.7. The number of anilines is 2. The fourth-order valence-corrected chi connectivity index (χ4v) is 4.03. The van der Waals surface area contributed by atoms with Crippen molar-refractivity contribution in [2.24, 2.45) is 0 Å². The van der Waals surface area contributed by atoms with Crippen LogP contribution in [-0.2, 0) is 14.8 Å². The zero-order valence-electron chi connectivity index (χ0n) is 18.4. The number of hydrogen-bond acceptors (Lipinski definition) is 5. The molecule has 0 radical (unpaired) electrons. The van der Waals surface area contributed by atoms with Crippen LogP contribution in [0.5, 0.6) is 11.5 Å². The minimum Gasteiger partial charge on any atom is -0.495 e. The van der Waals surface area contributed by atoms with Gasteiger partial charge in [-0.25, -0.2) is 8.42 Å². The Morgan fingerprint density at radius 3 is 2.28 bits per heavy atom. The number of benzene rings is 3. The fraction of sp³-hybridized carbons (Fsp3) is 0.208. The lowest BCUT2D eigenvalue weighted by molar-refractivity contribution is -0.118. The zero-order chi connectivity index (χ0) is 23.3. The highest BCUT2D eigenvalue weighted by molar-refractivity contribution is 7.92. The summed E-state index contributed by atoms with van der Waals surface area (Å²) in [4.78, 5) is 12.2. The molecular weight excluding hydrogens is 428 g/mol. The van der Waals surface area contributed by atoms with Crippen molar-refractivity contribution in [3.8, 4) is 11.5 Å². The fourth-order valence-electron chi connectivity index (χ4n) is 2.97. The molecule has 0 aliphatic heterocycles. The van der Waals surface area contributed by atoms with Crippen LogP contribution in [0.25, 0.3) is 0 Å². The number of ether oxygens (including phenoxy) is 2. The van der Waals surface area contributed by atoms with Crippen molar-refractivity contribution in [2.45, 2.75) is 25.7 Å². The Morgan fingerprint density at radius 1 is 0.906 bits per heavy atom. The first-order chi connectivity index (χ1) is 15.2. The summed E-state index contributed by atoms with van der Waals surface area (Å²) in [6.07, 6.45) is 0. The topological polar surface area (TPSA) is 93.7 Å². The van der Waals surface area contributed by atoms with Crippen LogP contribution in [0.4, 0.5) is 11.4 Å². The van der Waals surface area contributed by atoms with Crippen LogP contribution in [-0.4, -0.2) is 28.0 Å². The highest BCUT2D eigenvalue weighted by Crippen LogP contribution is 2.28. The predicted molar refractivity (Wildman–Crippen MR) is 125 cm³/mol. The molecule has 0 aliphatic rings. The van der Waals surface area contributed by atoms with E-state index in [0.717, 1.165) is 16.7 Å². The maximum atomic E-state index is 12.8. The van der Waals surface area contributed by atoms with Crippen molar-refractivity contribution in [1.82, 2.24) is 0 Å². The van der Waals surface area contributed by atoms with Gasteiger partial charge in [-0.05, 0) is 86.0 Å². The van der Waals surface area contributed by atoms with Gasteiger partial charge in [-0.3, -0.25) is 9.52 Å². The van der Waals surface area contributed by atoms with Gasteiger partial charge in [0.2, 0.25) is 0 Å². The number of carbonyl (C=O) groups is 1. The predicted octanol–water partition coefficient (Wildman–Crippen LogP) is 4.44. The Balaban J connectivity index is 1.63. The molecule has 0 unspecified atom stereocenters. The summed E-state index contributed by atoms with van der Waals surface area (Å²) >= 11 is 0. The van der Waals surface area contributed by atoms with E-state index < -0.39 is 10.0 Å². The molecule has 0 spiro atoms. The number of sulfonamides is 1. The lowest BCUT2D eigenvalue weighted by atomic mass is 10.1. The second-order valence-electron chi connectivity index (χ2n) is 7.42. The number of aryl methyl sites for hydroxylation is 3. The first kappa shape index (κ1) is 23.1. The highest BCUT2D eigenvalue weighted by Gasteiger charge is 2.17. The Morgan fingerprint density at radius 2 is 1.62 bits per heavy atom. The molecule has 0 saturated carbocycles. The van der Waals surface area contributed by atoms with E-state index in [9.17, 15) is 13.2 Å². The average Bonchev–Trinajstić information content (AvgIpc) is 2.75.